The summed E-state index contributed by atoms with van der Waals surface area (Å²) in [6, 6.07) is 3.83. The van der Waals surface area contributed by atoms with Gasteiger partial charge in [-0.25, -0.2) is 0 Å². The van der Waals surface area contributed by atoms with E-state index in [4.69, 9.17) is 21.1 Å². The molecule has 0 saturated carbocycles. The SMILES string of the molecule is ClCC=Cc1cc2c(cc1Br)OCO2. The molecule has 0 spiro atoms. The van der Waals surface area contributed by atoms with Crippen molar-refractivity contribution in [3.63, 3.8) is 0 Å². The highest BCUT2D eigenvalue weighted by Crippen LogP contribution is 2.37. The van der Waals surface area contributed by atoms with Gasteiger partial charge in [-0.05, 0) is 17.7 Å². The molecule has 14 heavy (non-hydrogen) atoms. The topological polar surface area (TPSA) is 18.5 Å². The summed E-state index contributed by atoms with van der Waals surface area (Å²) in [5.74, 6) is 2.06. The van der Waals surface area contributed by atoms with Gasteiger partial charge in [0.25, 0.3) is 0 Å². The van der Waals surface area contributed by atoms with Crippen molar-refractivity contribution in [1.29, 1.82) is 0 Å². The molecule has 2 rings (SSSR count). The number of ether oxygens (including phenoxy) is 2. The molecule has 0 saturated heterocycles. The van der Waals surface area contributed by atoms with E-state index >= 15 is 0 Å². The normalized spacial score (nSPS) is 13.9. The lowest BCUT2D eigenvalue weighted by Gasteiger charge is -2.01. The second kappa shape index (κ2) is 4.24. The molecule has 0 bridgehead atoms. The van der Waals surface area contributed by atoms with Crippen LogP contribution in [0.4, 0.5) is 0 Å². The minimum atomic E-state index is 0.296. The zero-order valence-corrected chi connectivity index (χ0v) is 9.64. The van der Waals surface area contributed by atoms with E-state index in [0.717, 1.165) is 21.5 Å². The Morgan fingerprint density at radius 3 is 2.79 bits per heavy atom. The first kappa shape index (κ1) is 9.87. The molecule has 1 aliphatic heterocycles. The van der Waals surface area contributed by atoms with Gasteiger partial charge in [-0.1, -0.05) is 28.1 Å². The molecule has 1 heterocycles. The van der Waals surface area contributed by atoms with Crippen molar-refractivity contribution >= 4 is 33.6 Å². The second-order valence-electron chi connectivity index (χ2n) is 2.78. The van der Waals surface area contributed by atoms with Gasteiger partial charge in [0.05, 0.1) is 0 Å². The molecule has 4 heteroatoms. The van der Waals surface area contributed by atoms with E-state index in [0.29, 0.717) is 12.7 Å². The lowest BCUT2D eigenvalue weighted by Crippen LogP contribution is -1.92. The number of alkyl halides is 1. The average Bonchev–Trinajstić information content (AvgIpc) is 2.61. The fourth-order valence-electron chi connectivity index (χ4n) is 1.23. The van der Waals surface area contributed by atoms with Crippen molar-refractivity contribution in [3.8, 4) is 11.5 Å². The van der Waals surface area contributed by atoms with E-state index in [-0.39, 0.29) is 0 Å². The molecule has 0 fully saturated rings. The molecule has 1 aromatic rings. The summed E-state index contributed by atoms with van der Waals surface area (Å²) in [5, 5.41) is 0. The zero-order chi connectivity index (χ0) is 9.97. The van der Waals surface area contributed by atoms with Crippen molar-refractivity contribution < 1.29 is 9.47 Å². The number of allylic oxidation sites excluding steroid dienone is 1. The third-order valence-electron chi connectivity index (χ3n) is 1.88. The van der Waals surface area contributed by atoms with Crippen LogP contribution < -0.4 is 9.47 Å². The van der Waals surface area contributed by atoms with Crippen LogP contribution in [0.3, 0.4) is 0 Å². The maximum atomic E-state index is 5.56. The lowest BCUT2D eigenvalue weighted by atomic mass is 10.2. The van der Waals surface area contributed by atoms with Crippen LogP contribution in [0, 0.1) is 0 Å². The highest BCUT2D eigenvalue weighted by molar-refractivity contribution is 9.10. The summed E-state index contributed by atoms with van der Waals surface area (Å²) in [6.45, 7) is 0.296. The Balaban J connectivity index is 2.37. The Labute approximate surface area is 95.6 Å². The van der Waals surface area contributed by atoms with Crippen molar-refractivity contribution in [1.82, 2.24) is 0 Å². The van der Waals surface area contributed by atoms with E-state index in [1.165, 1.54) is 0 Å². The first-order chi connectivity index (χ1) is 6.81. The number of rotatable bonds is 2. The quantitative estimate of drug-likeness (QED) is 0.770. The molecule has 0 aliphatic carbocycles. The van der Waals surface area contributed by atoms with Crippen LogP contribution in [0.2, 0.25) is 0 Å². The number of hydrogen-bond acceptors (Lipinski definition) is 2. The van der Waals surface area contributed by atoms with Gasteiger partial charge in [0.2, 0.25) is 6.79 Å². The number of fused-ring (bicyclic) bond motifs is 1. The van der Waals surface area contributed by atoms with Gasteiger partial charge >= 0.3 is 0 Å². The third-order valence-corrected chi connectivity index (χ3v) is 2.74. The standard InChI is InChI=1S/C10H8BrClO2/c11-8-5-10-9(13-6-14-10)4-7(8)2-1-3-12/h1-2,4-5H,3,6H2. The van der Waals surface area contributed by atoms with Crippen LogP contribution in [0.5, 0.6) is 11.5 Å². The van der Waals surface area contributed by atoms with Gasteiger partial charge in [-0.2, -0.15) is 0 Å². The largest absolute Gasteiger partial charge is 0.454 e. The highest BCUT2D eigenvalue weighted by atomic mass is 79.9. The van der Waals surface area contributed by atoms with E-state index in [2.05, 4.69) is 15.9 Å². The average molecular weight is 276 g/mol. The summed E-state index contributed by atoms with van der Waals surface area (Å²) < 4.78 is 11.5. The maximum absolute atomic E-state index is 5.56. The van der Waals surface area contributed by atoms with Gasteiger partial charge in [-0.3, -0.25) is 0 Å². The van der Waals surface area contributed by atoms with Crippen molar-refractivity contribution in [2.45, 2.75) is 0 Å². The molecule has 0 atom stereocenters. The fourth-order valence-corrected chi connectivity index (χ4v) is 1.78. The molecular formula is C10H8BrClO2. The Kier molecular flexibility index (Phi) is 2.99. The first-order valence-corrected chi connectivity index (χ1v) is 5.45. The molecule has 2 nitrogen and oxygen atoms in total. The summed E-state index contributed by atoms with van der Waals surface area (Å²) in [5.41, 5.74) is 1.04. The first-order valence-electron chi connectivity index (χ1n) is 4.13. The van der Waals surface area contributed by atoms with Crippen molar-refractivity contribution in [3.05, 3.63) is 28.2 Å². The van der Waals surface area contributed by atoms with Gasteiger partial charge in [0.15, 0.2) is 11.5 Å². The van der Waals surface area contributed by atoms with E-state index in [1.807, 2.05) is 24.3 Å². The van der Waals surface area contributed by atoms with Crippen LogP contribution in [0.15, 0.2) is 22.7 Å². The summed E-state index contributed by atoms with van der Waals surface area (Å²) in [4.78, 5) is 0. The Morgan fingerprint density at radius 1 is 1.36 bits per heavy atom. The number of benzene rings is 1. The Bertz CT molecular complexity index is 377. The molecule has 0 unspecified atom stereocenters. The predicted molar refractivity (Wildman–Crippen MR) is 60.0 cm³/mol. The van der Waals surface area contributed by atoms with Gasteiger partial charge in [0, 0.05) is 10.4 Å². The summed E-state index contributed by atoms with van der Waals surface area (Å²) in [7, 11) is 0. The van der Waals surface area contributed by atoms with Crippen molar-refractivity contribution in [2.75, 3.05) is 12.7 Å². The third kappa shape index (κ3) is 1.88. The zero-order valence-electron chi connectivity index (χ0n) is 7.30. The van der Waals surface area contributed by atoms with Crippen LogP contribution in [0.25, 0.3) is 6.08 Å². The maximum Gasteiger partial charge on any atom is 0.231 e. The van der Waals surface area contributed by atoms with E-state index in [1.54, 1.807) is 0 Å². The minimum Gasteiger partial charge on any atom is -0.454 e. The van der Waals surface area contributed by atoms with Gasteiger partial charge in [0.1, 0.15) is 0 Å². The van der Waals surface area contributed by atoms with Gasteiger partial charge in [-0.15, -0.1) is 11.6 Å². The molecule has 1 aromatic carbocycles. The molecule has 0 radical (unpaired) electrons. The fraction of sp³-hybridized carbons (Fsp3) is 0.200. The molecule has 0 N–H and O–H groups in total. The van der Waals surface area contributed by atoms with E-state index < -0.39 is 0 Å². The second-order valence-corrected chi connectivity index (χ2v) is 3.95. The Hall–Kier alpha value is -0.670. The predicted octanol–water partition coefficient (Wildman–Crippen LogP) is 3.43. The summed E-state index contributed by atoms with van der Waals surface area (Å²) in [6.07, 6.45) is 3.82. The molecule has 0 amide bonds. The van der Waals surface area contributed by atoms with Crippen LogP contribution >= 0.6 is 27.5 Å². The lowest BCUT2D eigenvalue weighted by molar-refractivity contribution is 0.174. The molecule has 0 aromatic heterocycles. The molecular weight excluding hydrogens is 267 g/mol. The number of halogens is 2. The smallest absolute Gasteiger partial charge is 0.231 e. The van der Waals surface area contributed by atoms with Crippen LogP contribution in [-0.4, -0.2) is 12.7 Å². The highest BCUT2D eigenvalue weighted by Gasteiger charge is 2.14. The molecule has 74 valence electrons. The van der Waals surface area contributed by atoms with Crippen LogP contribution in [-0.2, 0) is 0 Å². The van der Waals surface area contributed by atoms with E-state index in [9.17, 15) is 0 Å². The monoisotopic (exact) mass is 274 g/mol. The minimum absolute atomic E-state index is 0.296. The van der Waals surface area contributed by atoms with Crippen LogP contribution in [0.1, 0.15) is 5.56 Å². The van der Waals surface area contributed by atoms with Gasteiger partial charge < -0.3 is 9.47 Å². The summed E-state index contributed by atoms with van der Waals surface area (Å²) >= 11 is 9.01. The molecule has 1 aliphatic rings. The number of hydrogen-bond donors (Lipinski definition) is 0. The Morgan fingerprint density at radius 2 is 2.07 bits per heavy atom. The van der Waals surface area contributed by atoms with Crippen molar-refractivity contribution in [2.24, 2.45) is 0 Å².